The van der Waals surface area contributed by atoms with Crippen LogP contribution in [-0.2, 0) is 14.6 Å². The average molecular weight is 248 g/mol. The molecule has 1 heterocycles. The third-order valence-electron chi connectivity index (χ3n) is 3.12. The van der Waals surface area contributed by atoms with E-state index in [-0.39, 0.29) is 6.10 Å². The zero-order chi connectivity index (χ0) is 11.9. The molecule has 1 fully saturated rings. The first-order valence-electron chi connectivity index (χ1n) is 5.49. The van der Waals surface area contributed by atoms with Crippen molar-refractivity contribution in [2.45, 2.75) is 22.4 Å². The van der Waals surface area contributed by atoms with Crippen LogP contribution in [0.3, 0.4) is 0 Å². The molecule has 4 heteroatoms. The number of epoxide rings is 1. The van der Waals surface area contributed by atoms with Gasteiger partial charge in [-0.1, -0.05) is 36.4 Å². The van der Waals surface area contributed by atoms with Crippen molar-refractivity contribution in [1.29, 1.82) is 0 Å². The summed E-state index contributed by atoms with van der Waals surface area (Å²) in [4.78, 5) is -0.827. The smallest absolute Gasteiger partial charge is 0.219 e. The lowest BCUT2D eigenvalue weighted by atomic mass is 10.2. The molecule has 17 heavy (non-hydrogen) atoms. The lowest BCUT2D eigenvalue weighted by molar-refractivity contribution is 0.368. The van der Waals surface area contributed by atoms with E-state index in [1.54, 1.807) is 42.5 Å². The molecule has 0 aromatic heterocycles. The number of ether oxygens (including phenoxy) is 1. The number of fused-ring (bicyclic) bond motifs is 1. The first kappa shape index (κ1) is 10.7. The van der Waals surface area contributed by atoms with Crippen molar-refractivity contribution in [1.82, 2.24) is 0 Å². The van der Waals surface area contributed by atoms with E-state index in [4.69, 9.17) is 4.74 Å². The van der Waals surface area contributed by atoms with Crippen LogP contribution >= 0.6 is 0 Å². The number of benzene rings is 1. The van der Waals surface area contributed by atoms with Gasteiger partial charge in [0.25, 0.3) is 0 Å². The molecular weight excluding hydrogens is 236 g/mol. The number of hydrogen-bond donors (Lipinski definition) is 0. The van der Waals surface area contributed by atoms with Crippen LogP contribution in [-0.4, -0.2) is 19.5 Å². The fourth-order valence-electron chi connectivity index (χ4n) is 2.13. The van der Waals surface area contributed by atoms with Crippen molar-refractivity contribution < 1.29 is 13.2 Å². The van der Waals surface area contributed by atoms with Gasteiger partial charge in [-0.25, -0.2) is 8.42 Å². The van der Waals surface area contributed by atoms with Crippen molar-refractivity contribution >= 4 is 9.84 Å². The maximum Gasteiger partial charge on any atom is 0.219 e. The minimum Gasteiger partial charge on any atom is -0.345 e. The number of hydrogen-bond acceptors (Lipinski definition) is 3. The van der Waals surface area contributed by atoms with E-state index in [1.807, 2.05) is 12.2 Å². The van der Waals surface area contributed by atoms with E-state index < -0.39 is 14.8 Å². The summed E-state index contributed by atoms with van der Waals surface area (Å²) in [7, 11) is -3.46. The van der Waals surface area contributed by atoms with Crippen molar-refractivity contribution in [3.8, 4) is 0 Å². The van der Waals surface area contributed by atoms with Crippen molar-refractivity contribution in [3.63, 3.8) is 0 Å². The summed E-state index contributed by atoms with van der Waals surface area (Å²) in [6, 6.07) is 8.45. The Kier molecular flexibility index (Phi) is 2.24. The molecule has 1 saturated heterocycles. The predicted molar refractivity (Wildman–Crippen MR) is 64.1 cm³/mol. The molecule has 3 nitrogen and oxygen atoms in total. The van der Waals surface area contributed by atoms with Gasteiger partial charge in [-0.05, 0) is 24.6 Å². The molecule has 1 aromatic rings. The van der Waals surface area contributed by atoms with E-state index in [2.05, 4.69) is 0 Å². The summed E-state index contributed by atoms with van der Waals surface area (Å²) < 4.78 is 30.4. The Hall–Kier alpha value is -1.39. The Labute approximate surface area is 100 Å². The molecule has 1 aliphatic carbocycles. The minimum absolute atomic E-state index is 0.247. The van der Waals surface area contributed by atoms with Gasteiger partial charge in [0.05, 0.1) is 4.90 Å². The highest BCUT2D eigenvalue weighted by molar-refractivity contribution is 7.93. The second-order valence-corrected chi connectivity index (χ2v) is 6.28. The van der Waals surface area contributed by atoms with Gasteiger partial charge in [-0.3, -0.25) is 0 Å². The zero-order valence-corrected chi connectivity index (χ0v) is 9.93. The standard InChI is InChI=1S/C13H12O3S/c14-17(15,11-7-3-1-4-8-11)13-10-6-2-5-9-12(13)16-13/h1-8,10,12H,9H2. The molecule has 1 aliphatic heterocycles. The maximum absolute atomic E-state index is 12.5. The fourth-order valence-corrected chi connectivity index (χ4v) is 3.95. The fraction of sp³-hybridized carbons (Fsp3) is 0.231. The lowest BCUT2D eigenvalue weighted by Gasteiger charge is -2.09. The Bertz CT molecular complexity index is 586. The summed E-state index contributed by atoms with van der Waals surface area (Å²) in [6.45, 7) is 0. The van der Waals surface area contributed by atoms with E-state index in [1.165, 1.54) is 0 Å². The van der Waals surface area contributed by atoms with Gasteiger partial charge in [0, 0.05) is 0 Å². The highest BCUT2D eigenvalue weighted by Crippen LogP contribution is 2.48. The van der Waals surface area contributed by atoms with E-state index in [0.29, 0.717) is 11.3 Å². The number of sulfone groups is 1. The third kappa shape index (κ3) is 1.48. The SMILES string of the molecule is O=S(=O)(c1ccccc1)C12C=CC=CCC1O2. The molecule has 0 saturated carbocycles. The molecule has 0 amide bonds. The van der Waals surface area contributed by atoms with Crippen molar-refractivity contribution in [2.75, 3.05) is 0 Å². The molecule has 2 aliphatic rings. The van der Waals surface area contributed by atoms with Crippen LogP contribution in [0.15, 0.2) is 59.5 Å². The molecule has 0 N–H and O–H groups in total. The van der Waals surface area contributed by atoms with Gasteiger partial charge < -0.3 is 4.74 Å². The van der Waals surface area contributed by atoms with Gasteiger partial charge in [-0.15, -0.1) is 0 Å². The molecule has 88 valence electrons. The summed E-state index contributed by atoms with van der Waals surface area (Å²) in [5, 5.41) is 0. The zero-order valence-electron chi connectivity index (χ0n) is 9.11. The van der Waals surface area contributed by atoms with Crippen LogP contribution in [0, 0.1) is 0 Å². The van der Waals surface area contributed by atoms with Gasteiger partial charge in [0.15, 0.2) is 0 Å². The van der Waals surface area contributed by atoms with Gasteiger partial charge in [0.2, 0.25) is 14.8 Å². The Morgan fingerprint density at radius 1 is 1.18 bits per heavy atom. The second-order valence-electron chi connectivity index (χ2n) is 4.17. The Morgan fingerprint density at radius 3 is 2.71 bits per heavy atom. The molecular formula is C13H12O3S. The van der Waals surface area contributed by atoms with E-state index in [9.17, 15) is 8.42 Å². The summed E-state index contributed by atoms with van der Waals surface area (Å²) in [5.74, 6) is 0. The van der Waals surface area contributed by atoms with Crippen LogP contribution < -0.4 is 0 Å². The van der Waals surface area contributed by atoms with Crippen LogP contribution in [0.2, 0.25) is 0 Å². The van der Waals surface area contributed by atoms with Crippen LogP contribution in [0.5, 0.6) is 0 Å². The van der Waals surface area contributed by atoms with E-state index >= 15 is 0 Å². The Morgan fingerprint density at radius 2 is 1.94 bits per heavy atom. The molecule has 0 radical (unpaired) electrons. The molecule has 2 atom stereocenters. The van der Waals surface area contributed by atoms with Crippen LogP contribution in [0.1, 0.15) is 6.42 Å². The van der Waals surface area contributed by atoms with Gasteiger partial charge >= 0.3 is 0 Å². The largest absolute Gasteiger partial charge is 0.345 e. The van der Waals surface area contributed by atoms with Crippen molar-refractivity contribution in [3.05, 3.63) is 54.6 Å². The molecule has 0 spiro atoms. The first-order valence-corrected chi connectivity index (χ1v) is 6.97. The molecule has 2 unspecified atom stereocenters. The van der Waals surface area contributed by atoms with Crippen LogP contribution in [0.4, 0.5) is 0 Å². The average Bonchev–Trinajstić information content (AvgIpc) is 3.05. The lowest BCUT2D eigenvalue weighted by Crippen LogP contribution is -2.25. The van der Waals surface area contributed by atoms with Gasteiger partial charge in [0.1, 0.15) is 6.10 Å². The van der Waals surface area contributed by atoms with E-state index in [0.717, 1.165) is 0 Å². The number of allylic oxidation sites excluding steroid dienone is 2. The quantitative estimate of drug-likeness (QED) is 0.753. The van der Waals surface area contributed by atoms with Crippen molar-refractivity contribution in [2.24, 2.45) is 0 Å². The topological polar surface area (TPSA) is 46.7 Å². The maximum atomic E-state index is 12.5. The molecule has 3 rings (SSSR count). The predicted octanol–water partition coefficient (Wildman–Crippen LogP) is 2.07. The highest BCUT2D eigenvalue weighted by atomic mass is 32.2. The first-order chi connectivity index (χ1) is 8.17. The normalized spacial score (nSPS) is 30.7. The van der Waals surface area contributed by atoms with Crippen LogP contribution in [0.25, 0.3) is 0 Å². The number of rotatable bonds is 2. The summed E-state index contributed by atoms with van der Waals surface area (Å²) >= 11 is 0. The third-order valence-corrected chi connectivity index (χ3v) is 5.35. The second kappa shape index (κ2) is 3.55. The highest BCUT2D eigenvalue weighted by Gasteiger charge is 2.64. The summed E-state index contributed by atoms with van der Waals surface area (Å²) in [6.07, 6.45) is 7.56. The molecule has 0 bridgehead atoms. The minimum atomic E-state index is -3.46. The Balaban J connectivity index is 2.06. The van der Waals surface area contributed by atoms with Gasteiger partial charge in [-0.2, -0.15) is 0 Å². The molecule has 1 aromatic carbocycles. The summed E-state index contributed by atoms with van der Waals surface area (Å²) in [5.41, 5.74) is 0. The monoisotopic (exact) mass is 248 g/mol.